The molecule has 1 unspecified atom stereocenters. The first kappa shape index (κ1) is 52.1. The van der Waals surface area contributed by atoms with Crippen molar-refractivity contribution in [3.63, 3.8) is 0 Å². The number of benzene rings is 4. The van der Waals surface area contributed by atoms with Crippen molar-refractivity contribution in [2.45, 2.75) is 38.6 Å². The lowest BCUT2D eigenvalue weighted by atomic mass is 9.97. The van der Waals surface area contributed by atoms with Crippen LogP contribution < -0.4 is 36.4 Å². The first-order valence-corrected chi connectivity index (χ1v) is 26.5. The first-order valence-electron chi connectivity index (χ1n) is 23.2. The van der Waals surface area contributed by atoms with E-state index in [1.165, 1.54) is 41.1 Å². The number of halogens is 4. The molecule has 4 aromatic carbocycles. The van der Waals surface area contributed by atoms with Crippen molar-refractivity contribution in [1.82, 2.24) is 50.5 Å². The molecule has 5 aromatic heterocycles. The molecule has 0 saturated heterocycles. The fourth-order valence-electron chi connectivity index (χ4n) is 8.27. The van der Waals surface area contributed by atoms with E-state index in [9.17, 15) is 40.9 Å². The number of fused-ring (bicyclic) bond motifs is 2. The number of thiazole rings is 2. The van der Waals surface area contributed by atoms with Crippen LogP contribution in [-0.2, 0) is 30.4 Å². The van der Waals surface area contributed by atoms with Gasteiger partial charge >= 0.3 is 12.1 Å². The van der Waals surface area contributed by atoms with Gasteiger partial charge in [-0.2, -0.15) is 4.98 Å². The number of aromatic nitrogens is 8. The SMILES string of the molecule is Cc1ccc(C(=O)Nc2nccs2)cc1-c1nc(NCc2ncc[nH]2)nc2c1CNC(=O)N2c1c(F)cccc1F.Cc1ccc(C(=O)Nc2nccs2)cc1-c1nc(S(C)=O)nc2c1CNC(=O)N2c1c(F)cccc1F. The summed E-state index contributed by atoms with van der Waals surface area (Å²) in [5, 5.41) is 18.0. The largest absolute Gasteiger partial charge is 0.347 e. The highest BCUT2D eigenvalue weighted by Crippen LogP contribution is 2.41. The fourth-order valence-corrected chi connectivity index (χ4v) is 9.76. The number of nitrogens with one attached hydrogen (secondary N) is 6. The molecule has 7 heterocycles. The minimum atomic E-state index is -1.70. The zero-order valence-corrected chi connectivity index (χ0v) is 43.3. The zero-order chi connectivity index (χ0) is 54.8. The third kappa shape index (κ3) is 10.6. The number of carbonyl (C=O) groups is 4. The average Bonchev–Trinajstić information content (AvgIpc) is 4.27. The van der Waals surface area contributed by atoms with E-state index >= 15 is 0 Å². The van der Waals surface area contributed by atoms with Gasteiger partial charge in [-0.15, -0.1) is 22.7 Å². The monoisotopic (exact) mass is 1110 g/mol. The molecule has 6 amide bonds. The summed E-state index contributed by atoms with van der Waals surface area (Å²) >= 11 is 2.56. The zero-order valence-electron chi connectivity index (χ0n) is 40.8. The predicted octanol–water partition coefficient (Wildman–Crippen LogP) is 9.67. The summed E-state index contributed by atoms with van der Waals surface area (Å²) in [4.78, 5) is 86.6. The van der Waals surface area contributed by atoms with Crippen molar-refractivity contribution in [3.05, 3.63) is 171 Å². The van der Waals surface area contributed by atoms with Gasteiger partial charge < -0.3 is 20.9 Å². The Balaban J connectivity index is 0.000000177. The van der Waals surface area contributed by atoms with E-state index in [0.29, 0.717) is 55.2 Å². The Hall–Kier alpha value is -9.34. The molecule has 0 fully saturated rings. The number of imidazole rings is 1. The van der Waals surface area contributed by atoms with E-state index in [1.807, 2.05) is 6.92 Å². The van der Waals surface area contributed by atoms with Gasteiger partial charge in [0.2, 0.25) is 11.1 Å². The van der Waals surface area contributed by atoms with Crippen molar-refractivity contribution in [2.24, 2.45) is 0 Å². The van der Waals surface area contributed by atoms with Crippen molar-refractivity contribution in [3.8, 4) is 22.5 Å². The van der Waals surface area contributed by atoms with Gasteiger partial charge in [-0.05, 0) is 73.5 Å². The highest BCUT2D eigenvalue weighted by atomic mass is 32.2. The van der Waals surface area contributed by atoms with Crippen LogP contribution >= 0.6 is 22.7 Å². The minimum absolute atomic E-state index is 0.00161. The molecule has 0 saturated carbocycles. The summed E-state index contributed by atoms with van der Waals surface area (Å²) in [7, 11) is -1.70. The van der Waals surface area contributed by atoms with E-state index in [-0.39, 0.29) is 54.0 Å². The van der Waals surface area contributed by atoms with Crippen molar-refractivity contribution < 1.29 is 40.9 Å². The summed E-state index contributed by atoms with van der Waals surface area (Å²) in [5.74, 6) is -4.00. The van der Waals surface area contributed by atoms with E-state index < -0.39 is 63.4 Å². The lowest BCUT2D eigenvalue weighted by Crippen LogP contribution is -2.43. The van der Waals surface area contributed by atoms with Crippen molar-refractivity contribution in [1.29, 1.82) is 0 Å². The van der Waals surface area contributed by atoms with Gasteiger partial charge in [0.1, 0.15) is 40.5 Å². The second kappa shape index (κ2) is 22.1. The number of anilines is 7. The Labute approximate surface area is 450 Å². The lowest BCUT2D eigenvalue weighted by Gasteiger charge is -2.31. The summed E-state index contributed by atoms with van der Waals surface area (Å²) < 4.78 is 71.8. The van der Waals surface area contributed by atoms with Crippen molar-refractivity contribution in [2.75, 3.05) is 32.0 Å². The Morgan fingerprint density at radius 2 is 1.14 bits per heavy atom. The van der Waals surface area contributed by atoms with Gasteiger partial charge in [0, 0.05) is 75.2 Å². The molecule has 11 rings (SSSR count). The smallest absolute Gasteiger partial charge is 0.328 e. The van der Waals surface area contributed by atoms with Crippen molar-refractivity contribution >= 4 is 96.6 Å². The molecule has 78 heavy (non-hydrogen) atoms. The van der Waals surface area contributed by atoms with Crippen LogP contribution in [0.1, 0.15) is 48.8 Å². The van der Waals surface area contributed by atoms with Gasteiger partial charge in [-0.25, -0.2) is 66.9 Å². The summed E-state index contributed by atoms with van der Waals surface area (Å²) in [5.41, 5.74) is 3.44. The van der Waals surface area contributed by atoms with E-state index in [4.69, 9.17) is 4.98 Å². The number of amides is 6. The van der Waals surface area contributed by atoms with Crippen LogP contribution in [0.5, 0.6) is 0 Å². The van der Waals surface area contributed by atoms with Crippen LogP contribution in [0.3, 0.4) is 0 Å². The van der Waals surface area contributed by atoms with Gasteiger partial charge in [-0.1, -0.05) is 24.3 Å². The van der Waals surface area contributed by atoms with Gasteiger partial charge in [0.25, 0.3) is 11.8 Å². The lowest BCUT2D eigenvalue weighted by molar-refractivity contribution is 0.101. The number of aryl methyl sites for hydroxylation is 2. The highest BCUT2D eigenvalue weighted by molar-refractivity contribution is 7.84. The van der Waals surface area contributed by atoms with E-state index in [1.54, 1.807) is 78.9 Å². The Morgan fingerprint density at radius 1 is 0.654 bits per heavy atom. The van der Waals surface area contributed by atoms with Crippen LogP contribution in [0.4, 0.5) is 66.4 Å². The summed E-state index contributed by atoms with van der Waals surface area (Å²) in [6, 6.07) is 15.1. The molecule has 0 radical (unpaired) electrons. The molecule has 0 spiro atoms. The molecule has 2 aliphatic heterocycles. The van der Waals surface area contributed by atoms with Crippen LogP contribution in [0.2, 0.25) is 0 Å². The second-order valence-electron chi connectivity index (χ2n) is 17.0. The third-order valence-electron chi connectivity index (χ3n) is 12.0. The molecular weight excluding hydrogens is 1070 g/mol. The highest BCUT2D eigenvalue weighted by Gasteiger charge is 2.36. The van der Waals surface area contributed by atoms with E-state index in [2.05, 4.69) is 61.5 Å². The number of hydrogen-bond acceptors (Lipinski definition) is 15. The van der Waals surface area contributed by atoms with Gasteiger partial charge in [0.15, 0.2) is 21.9 Å². The standard InChI is InChI=1S/C27H21F2N9O2S.C24H18F2N6O3S2/c1-14-5-6-15(24(39)37-26-32-9-10-41-26)11-16(14)21-17-12-34-27(40)38(22-18(28)3-2-4-19(22)29)23(17)36-25(35-21)33-13-20-30-7-8-31-20;1-12-6-7-13(21(33)31-22-27-8-9-36-22)10-14(12)18-15-11-28-24(34)32(19-16(25)4-3-5-17(19)26)20(15)30-23(29-18)37(2)35/h2-11H,12-13H2,1H3,(H,30,31)(H,34,40)(H,32,37,39)(H,33,35,36);3-10H,11H2,1-2H3,(H,28,34)(H,27,31,33). The number of H-pyrrole nitrogens is 1. The molecule has 394 valence electrons. The number of para-hydroxylation sites is 2. The maximum Gasteiger partial charge on any atom is 0.328 e. The Kier molecular flexibility index (Phi) is 14.8. The number of nitrogens with zero attached hydrogens (tertiary/aromatic N) is 9. The van der Waals surface area contributed by atoms with Crippen LogP contribution in [0, 0.1) is 37.1 Å². The predicted molar refractivity (Wildman–Crippen MR) is 284 cm³/mol. The normalized spacial score (nSPS) is 13.1. The molecule has 0 bridgehead atoms. The minimum Gasteiger partial charge on any atom is -0.347 e. The van der Waals surface area contributed by atoms with Crippen LogP contribution in [0.25, 0.3) is 22.5 Å². The number of rotatable bonds is 12. The number of hydrogen-bond donors (Lipinski definition) is 6. The topological polar surface area (TPSA) is 258 Å². The fraction of sp³-hybridized carbons (Fsp3) is 0.118. The van der Waals surface area contributed by atoms with E-state index in [0.717, 1.165) is 45.2 Å². The molecule has 0 aliphatic carbocycles. The number of aromatic amines is 1. The maximum absolute atomic E-state index is 14.9. The number of urea groups is 2. The molecule has 20 nitrogen and oxygen atoms in total. The summed E-state index contributed by atoms with van der Waals surface area (Å²) in [6.45, 7) is 3.79. The molecule has 27 heteroatoms. The van der Waals surface area contributed by atoms with Crippen LogP contribution in [-0.4, -0.2) is 74.2 Å². The molecular formula is C51H39F4N15O5S3. The van der Waals surface area contributed by atoms with Gasteiger partial charge in [-0.3, -0.25) is 24.4 Å². The van der Waals surface area contributed by atoms with Gasteiger partial charge in [0.05, 0.1) is 41.8 Å². The quantitative estimate of drug-likeness (QED) is 0.0492. The molecule has 1 atom stereocenters. The van der Waals surface area contributed by atoms with Crippen LogP contribution in [0.15, 0.2) is 114 Å². The maximum atomic E-state index is 14.9. The number of carbonyl (C=O) groups excluding carboxylic acids is 4. The average molecular weight is 1110 g/mol. The summed E-state index contributed by atoms with van der Waals surface area (Å²) in [6.07, 6.45) is 7.76. The Morgan fingerprint density at radius 3 is 1.59 bits per heavy atom. The third-order valence-corrected chi connectivity index (χ3v) is 14.1. The Bertz CT molecular complexity index is 3790. The molecule has 9 aromatic rings. The first-order chi connectivity index (χ1) is 37.6. The second-order valence-corrected chi connectivity index (χ2v) is 20.0. The molecule has 6 N–H and O–H groups in total. The molecule has 2 aliphatic rings.